The summed E-state index contributed by atoms with van der Waals surface area (Å²) < 4.78 is 31.9. The SMILES string of the molecule is CN(Cc1ncn[nH]1)S(=O)(=O)c1ccc2c(c1)CCCO2. The molecule has 0 spiro atoms. The molecule has 21 heavy (non-hydrogen) atoms. The third-order valence-corrected chi connectivity index (χ3v) is 5.22. The van der Waals surface area contributed by atoms with Gasteiger partial charge in [0.05, 0.1) is 18.0 Å². The van der Waals surface area contributed by atoms with E-state index in [1.807, 2.05) is 0 Å². The lowest BCUT2D eigenvalue weighted by Crippen LogP contribution is -2.27. The molecule has 8 heteroatoms. The Balaban J connectivity index is 1.87. The van der Waals surface area contributed by atoms with E-state index in [-0.39, 0.29) is 11.4 Å². The smallest absolute Gasteiger partial charge is 0.243 e. The number of rotatable bonds is 4. The Morgan fingerprint density at radius 3 is 3.05 bits per heavy atom. The summed E-state index contributed by atoms with van der Waals surface area (Å²) in [4.78, 5) is 4.21. The number of fused-ring (bicyclic) bond motifs is 1. The maximum absolute atomic E-state index is 12.6. The first-order valence-corrected chi connectivity index (χ1v) is 8.08. The van der Waals surface area contributed by atoms with E-state index in [4.69, 9.17) is 4.74 Å². The first-order valence-electron chi connectivity index (χ1n) is 6.64. The first-order chi connectivity index (χ1) is 10.1. The van der Waals surface area contributed by atoms with Crippen molar-refractivity contribution in [1.82, 2.24) is 19.5 Å². The number of H-pyrrole nitrogens is 1. The van der Waals surface area contributed by atoms with Crippen molar-refractivity contribution in [2.45, 2.75) is 24.3 Å². The maximum Gasteiger partial charge on any atom is 0.243 e. The van der Waals surface area contributed by atoms with E-state index in [1.165, 1.54) is 17.7 Å². The van der Waals surface area contributed by atoms with Crippen LogP contribution in [0.3, 0.4) is 0 Å². The van der Waals surface area contributed by atoms with Gasteiger partial charge in [-0.15, -0.1) is 0 Å². The van der Waals surface area contributed by atoms with Crippen molar-refractivity contribution in [3.63, 3.8) is 0 Å². The number of benzene rings is 1. The van der Waals surface area contributed by atoms with Gasteiger partial charge >= 0.3 is 0 Å². The van der Waals surface area contributed by atoms with Crippen LogP contribution in [0.5, 0.6) is 5.75 Å². The van der Waals surface area contributed by atoms with Crippen LogP contribution in [0.2, 0.25) is 0 Å². The number of aryl methyl sites for hydroxylation is 1. The van der Waals surface area contributed by atoms with Crippen molar-refractivity contribution in [3.8, 4) is 5.75 Å². The summed E-state index contributed by atoms with van der Waals surface area (Å²) in [5.74, 6) is 1.28. The van der Waals surface area contributed by atoms with Gasteiger partial charge in [-0.2, -0.15) is 9.40 Å². The first kappa shape index (κ1) is 14.0. The predicted octanol–water partition coefficient (Wildman–Crippen LogP) is 0.950. The topological polar surface area (TPSA) is 88.2 Å². The molecular weight excluding hydrogens is 292 g/mol. The van der Waals surface area contributed by atoms with E-state index >= 15 is 0 Å². The van der Waals surface area contributed by atoms with Crippen LogP contribution >= 0.6 is 0 Å². The van der Waals surface area contributed by atoms with E-state index in [1.54, 1.807) is 18.2 Å². The van der Waals surface area contributed by atoms with Crippen LogP contribution < -0.4 is 4.74 Å². The van der Waals surface area contributed by atoms with Gasteiger partial charge < -0.3 is 4.74 Å². The quantitative estimate of drug-likeness (QED) is 0.908. The summed E-state index contributed by atoms with van der Waals surface area (Å²) >= 11 is 0. The van der Waals surface area contributed by atoms with Gasteiger partial charge in [0, 0.05) is 7.05 Å². The van der Waals surface area contributed by atoms with Gasteiger partial charge in [-0.05, 0) is 36.6 Å². The van der Waals surface area contributed by atoms with E-state index < -0.39 is 10.0 Å². The van der Waals surface area contributed by atoms with Gasteiger partial charge in [-0.25, -0.2) is 13.4 Å². The Labute approximate surface area is 123 Å². The molecule has 0 saturated carbocycles. The molecule has 7 nitrogen and oxygen atoms in total. The van der Waals surface area contributed by atoms with Crippen LogP contribution in [0.25, 0.3) is 0 Å². The van der Waals surface area contributed by atoms with Crippen LogP contribution in [0.15, 0.2) is 29.4 Å². The number of nitrogens with zero attached hydrogens (tertiary/aromatic N) is 3. The fourth-order valence-corrected chi connectivity index (χ4v) is 3.46. The monoisotopic (exact) mass is 308 g/mol. The molecule has 1 aromatic carbocycles. The Bertz CT molecular complexity index is 728. The van der Waals surface area contributed by atoms with E-state index in [0.717, 1.165) is 24.2 Å². The molecule has 0 aliphatic carbocycles. The molecule has 1 N–H and O–H groups in total. The van der Waals surface area contributed by atoms with Crippen molar-refractivity contribution in [3.05, 3.63) is 35.9 Å². The standard InChI is InChI=1S/C13H16N4O3S/c1-17(8-13-14-9-15-16-13)21(18,19)11-4-5-12-10(7-11)3-2-6-20-12/h4-5,7,9H,2-3,6,8H2,1H3,(H,14,15,16). The number of hydrogen-bond acceptors (Lipinski definition) is 5. The third kappa shape index (κ3) is 2.77. The Kier molecular flexibility index (Phi) is 3.64. The lowest BCUT2D eigenvalue weighted by molar-refractivity contribution is 0.288. The molecule has 112 valence electrons. The molecule has 0 radical (unpaired) electrons. The molecule has 0 bridgehead atoms. The largest absolute Gasteiger partial charge is 0.493 e. The van der Waals surface area contributed by atoms with Crippen LogP contribution in [0.4, 0.5) is 0 Å². The van der Waals surface area contributed by atoms with Gasteiger partial charge in [-0.3, -0.25) is 5.10 Å². The average Bonchev–Trinajstić information content (AvgIpc) is 2.99. The minimum absolute atomic E-state index is 0.149. The van der Waals surface area contributed by atoms with Crippen molar-refractivity contribution in [2.75, 3.05) is 13.7 Å². The minimum atomic E-state index is -3.56. The molecule has 0 unspecified atom stereocenters. The minimum Gasteiger partial charge on any atom is -0.493 e. The van der Waals surface area contributed by atoms with Crippen LogP contribution in [-0.4, -0.2) is 41.6 Å². The van der Waals surface area contributed by atoms with Crippen molar-refractivity contribution >= 4 is 10.0 Å². The summed E-state index contributed by atoms with van der Waals surface area (Å²) in [6.07, 6.45) is 3.10. The highest BCUT2D eigenvalue weighted by molar-refractivity contribution is 7.89. The molecule has 0 fully saturated rings. The van der Waals surface area contributed by atoms with Crippen molar-refractivity contribution in [2.24, 2.45) is 0 Å². The molecule has 2 heterocycles. The molecule has 0 atom stereocenters. The molecule has 0 amide bonds. The summed E-state index contributed by atoms with van der Waals surface area (Å²) in [6, 6.07) is 5.00. The zero-order valence-corrected chi connectivity index (χ0v) is 12.4. The fraction of sp³-hybridized carbons (Fsp3) is 0.385. The molecule has 3 rings (SSSR count). The van der Waals surface area contributed by atoms with Crippen molar-refractivity contribution < 1.29 is 13.2 Å². The molecule has 1 aromatic heterocycles. The summed E-state index contributed by atoms with van der Waals surface area (Å²) in [6.45, 7) is 0.834. The van der Waals surface area contributed by atoms with Crippen LogP contribution in [0, 0.1) is 0 Å². The maximum atomic E-state index is 12.6. The van der Waals surface area contributed by atoms with E-state index in [2.05, 4.69) is 15.2 Å². The Morgan fingerprint density at radius 2 is 2.29 bits per heavy atom. The molecule has 0 saturated heterocycles. The number of aromatic amines is 1. The highest BCUT2D eigenvalue weighted by atomic mass is 32.2. The average molecular weight is 308 g/mol. The number of ether oxygens (including phenoxy) is 1. The number of nitrogens with one attached hydrogen (secondary N) is 1. The Hall–Kier alpha value is -1.93. The second-order valence-corrected chi connectivity index (χ2v) is 6.96. The van der Waals surface area contributed by atoms with E-state index in [0.29, 0.717) is 12.4 Å². The Morgan fingerprint density at radius 1 is 1.43 bits per heavy atom. The predicted molar refractivity (Wildman–Crippen MR) is 75.3 cm³/mol. The number of aromatic nitrogens is 3. The summed E-state index contributed by atoms with van der Waals surface area (Å²) in [5, 5.41) is 6.37. The zero-order valence-electron chi connectivity index (χ0n) is 11.6. The number of hydrogen-bond donors (Lipinski definition) is 1. The molecule has 2 aromatic rings. The summed E-state index contributed by atoms with van der Waals surface area (Å²) in [7, 11) is -2.04. The van der Waals surface area contributed by atoms with Crippen LogP contribution in [0.1, 0.15) is 17.8 Å². The second kappa shape index (κ2) is 5.45. The summed E-state index contributed by atoms with van der Waals surface area (Å²) in [5.41, 5.74) is 0.940. The lowest BCUT2D eigenvalue weighted by atomic mass is 10.1. The van der Waals surface area contributed by atoms with Gasteiger partial charge in [0.15, 0.2) is 0 Å². The van der Waals surface area contributed by atoms with E-state index in [9.17, 15) is 8.42 Å². The molecule has 1 aliphatic heterocycles. The fourth-order valence-electron chi connectivity index (χ4n) is 2.28. The second-order valence-electron chi connectivity index (χ2n) is 4.91. The zero-order chi connectivity index (χ0) is 14.9. The highest BCUT2D eigenvalue weighted by Gasteiger charge is 2.23. The van der Waals surface area contributed by atoms with Crippen molar-refractivity contribution in [1.29, 1.82) is 0 Å². The molecular formula is C13H16N4O3S. The van der Waals surface area contributed by atoms with Crippen LogP contribution in [-0.2, 0) is 23.0 Å². The normalized spacial score (nSPS) is 14.8. The number of sulfonamides is 1. The van der Waals surface area contributed by atoms with Gasteiger partial charge in [0.2, 0.25) is 10.0 Å². The van der Waals surface area contributed by atoms with Gasteiger partial charge in [0.1, 0.15) is 17.9 Å². The third-order valence-electron chi connectivity index (χ3n) is 3.43. The van der Waals surface area contributed by atoms with Gasteiger partial charge in [0.25, 0.3) is 0 Å². The molecule has 1 aliphatic rings. The van der Waals surface area contributed by atoms with Gasteiger partial charge in [-0.1, -0.05) is 0 Å². The lowest BCUT2D eigenvalue weighted by Gasteiger charge is -2.20. The highest BCUT2D eigenvalue weighted by Crippen LogP contribution is 2.28.